The van der Waals surface area contributed by atoms with E-state index in [2.05, 4.69) is 10.1 Å². The Labute approximate surface area is 192 Å². The maximum Gasteiger partial charge on any atom is 0.245 e. The van der Waals surface area contributed by atoms with Crippen LogP contribution in [-0.2, 0) is 14.8 Å². The van der Waals surface area contributed by atoms with Gasteiger partial charge in [-0.2, -0.15) is 9.40 Å². The van der Waals surface area contributed by atoms with Crippen LogP contribution in [-0.4, -0.2) is 58.4 Å². The standard InChI is InChI=1S/C23H26FN5O3S/c1-17(18-7-9-20(10-8-18)29-16-25-15-26-29)27(2)23(30)19-11-13-28(14-12-19)33(31,32)22-6-4-3-5-21(22)24/h3-10,15-17,19H,11-14H2,1-2H3. The van der Waals surface area contributed by atoms with Crippen LogP contribution in [0.2, 0.25) is 0 Å². The van der Waals surface area contributed by atoms with Gasteiger partial charge in [-0.15, -0.1) is 0 Å². The van der Waals surface area contributed by atoms with Gasteiger partial charge in [0, 0.05) is 26.1 Å². The van der Waals surface area contributed by atoms with Crippen LogP contribution in [0.3, 0.4) is 0 Å². The number of hydrogen-bond donors (Lipinski definition) is 0. The summed E-state index contributed by atoms with van der Waals surface area (Å²) in [4.78, 5) is 18.4. The molecule has 0 N–H and O–H groups in total. The van der Waals surface area contributed by atoms with Crippen LogP contribution in [0.4, 0.5) is 4.39 Å². The molecule has 4 rings (SSSR count). The molecule has 1 atom stereocenters. The van der Waals surface area contributed by atoms with Gasteiger partial charge in [0.15, 0.2) is 0 Å². The smallest absolute Gasteiger partial charge is 0.245 e. The molecule has 2 heterocycles. The summed E-state index contributed by atoms with van der Waals surface area (Å²) >= 11 is 0. The molecule has 0 spiro atoms. The van der Waals surface area contributed by atoms with Gasteiger partial charge in [-0.3, -0.25) is 4.79 Å². The highest BCUT2D eigenvalue weighted by Crippen LogP contribution is 2.28. The number of piperidine rings is 1. The number of nitrogens with zero attached hydrogens (tertiary/aromatic N) is 5. The lowest BCUT2D eigenvalue weighted by Crippen LogP contribution is -2.44. The number of hydrogen-bond acceptors (Lipinski definition) is 5. The van der Waals surface area contributed by atoms with E-state index in [0.29, 0.717) is 12.8 Å². The summed E-state index contributed by atoms with van der Waals surface area (Å²) in [5.74, 6) is -1.07. The number of carbonyl (C=O) groups excluding carboxylic acids is 1. The van der Waals surface area contributed by atoms with Crippen molar-refractivity contribution in [2.75, 3.05) is 20.1 Å². The highest BCUT2D eigenvalue weighted by Gasteiger charge is 2.35. The minimum Gasteiger partial charge on any atom is -0.339 e. The third-order valence-electron chi connectivity index (χ3n) is 6.24. The van der Waals surface area contributed by atoms with Gasteiger partial charge in [0.2, 0.25) is 15.9 Å². The van der Waals surface area contributed by atoms with Crippen molar-refractivity contribution in [3.8, 4) is 5.69 Å². The number of carbonyl (C=O) groups is 1. The Bertz CT molecular complexity index is 1210. The molecule has 1 aromatic heterocycles. The molecule has 0 aliphatic carbocycles. The zero-order chi connectivity index (χ0) is 23.6. The molecule has 0 saturated carbocycles. The lowest BCUT2D eigenvalue weighted by molar-refractivity contribution is -0.137. The third kappa shape index (κ3) is 4.67. The highest BCUT2D eigenvalue weighted by molar-refractivity contribution is 7.89. The van der Waals surface area contributed by atoms with Crippen molar-refractivity contribution < 1.29 is 17.6 Å². The number of amides is 1. The second kappa shape index (κ2) is 9.40. The second-order valence-electron chi connectivity index (χ2n) is 8.17. The van der Waals surface area contributed by atoms with Crippen LogP contribution in [0.1, 0.15) is 31.4 Å². The Morgan fingerprint density at radius 2 is 1.79 bits per heavy atom. The van der Waals surface area contributed by atoms with Gasteiger partial charge in [-0.25, -0.2) is 22.5 Å². The lowest BCUT2D eigenvalue weighted by Gasteiger charge is -2.34. The maximum atomic E-state index is 14.0. The van der Waals surface area contributed by atoms with Crippen molar-refractivity contribution in [3.63, 3.8) is 0 Å². The monoisotopic (exact) mass is 471 g/mol. The maximum absolute atomic E-state index is 14.0. The minimum atomic E-state index is -3.92. The zero-order valence-electron chi connectivity index (χ0n) is 18.5. The Morgan fingerprint density at radius 3 is 2.39 bits per heavy atom. The molecule has 0 bridgehead atoms. The first kappa shape index (κ1) is 23.1. The van der Waals surface area contributed by atoms with Gasteiger partial charge in [0.1, 0.15) is 23.4 Å². The van der Waals surface area contributed by atoms with E-state index in [1.165, 1.54) is 28.8 Å². The summed E-state index contributed by atoms with van der Waals surface area (Å²) in [6, 6.07) is 13.0. The fourth-order valence-corrected chi connectivity index (χ4v) is 5.62. The predicted octanol–water partition coefficient (Wildman–Crippen LogP) is 3.03. The Hall–Kier alpha value is -3.11. The SMILES string of the molecule is CC(c1ccc(-n2cncn2)cc1)N(C)C(=O)C1CCN(S(=O)(=O)c2ccccc2F)CC1. The van der Waals surface area contributed by atoms with E-state index in [9.17, 15) is 17.6 Å². The Balaban J connectivity index is 1.38. The fourth-order valence-electron chi connectivity index (χ4n) is 4.09. The van der Waals surface area contributed by atoms with E-state index in [4.69, 9.17) is 0 Å². The van der Waals surface area contributed by atoms with Crippen molar-refractivity contribution >= 4 is 15.9 Å². The molecule has 1 fully saturated rings. The molecule has 1 saturated heterocycles. The Kier molecular flexibility index (Phi) is 6.57. The Morgan fingerprint density at radius 1 is 1.12 bits per heavy atom. The average molecular weight is 472 g/mol. The van der Waals surface area contributed by atoms with Gasteiger partial charge in [-0.1, -0.05) is 24.3 Å². The van der Waals surface area contributed by atoms with Crippen molar-refractivity contribution in [3.05, 3.63) is 72.6 Å². The summed E-state index contributed by atoms with van der Waals surface area (Å²) in [6.45, 7) is 2.32. The molecule has 10 heteroatoms. The molecule has 3 aromatic rings. The second-order valence-corrected chi connectivity index (χ2v) is 10.1. The molecule has 1 unspecified atom stereocenters. The molecular formula is C23H26FN5O3S. The van der Waals surface area contributed by atoms with Gasteiger partial charge < -0.3 is 4.90 Å². The van der Waals surface area contributed by atoms with Crippen LogP contribution < -0.4 is 0 Å². The molecular weight excluding hydrogens is 445 g/mol. The zero-order valence-corrected chi connectivity index (χ0v) is 19.3. The van der Waals surface area contributed by atoms with Crippen LogP contribution in [0.5, 0.6) is 0 Å². The number of halogens is 1. The average Bonchev–Trinajstić information content (AvgIpc) is 3.38. The van der Waals surface area contributed by atoms with Crippen molar-refractivity contribution in [1.82, 2.24) is 24.0 Å². The van der Waals surface area contributed by atoms with E-state index in [0.717, 1.165) is 17.3 Å². The number of sulfonamides is 1. The minimum absolute atomic E-state index is 0.0224. The van der Waals surface area contributed by atoms with Gasteiger partial charge in [0.25, 0.3) is 0 Å². The van der Waals surface area contributed by atoms with Gasteiger partial charge in [-0.05, 0) is 49.6 Å². The number of aromatic nitrogens is 3. The molecule has 1 amide bonds. The molecule has 0 radical (unpaired) electrons. The predicted molar refractivity (Wildman–Crippen MR) is 120 cm³/mol. The van der Waals surface area contributed by atoms with Crippen LogP contribution in [0, 0.1) is 11.7 Å². The summed E-state index contributed by atoms with van der Waals surface area (Å²) < 4.78 is 42.6. The molecule has 1 aliphatic heterocycles. The van der Waals surface area contributed by atoms with E-state index in [1.807, 2.05) is 31.2 Å². The quantitative estimate of drug-likeness (QED) is 0.551. The van der Waals surface area contributed by atoms with Crippen LogP contribution >= 0.6 is 0 Å². The molecule has 8 nitrogen and oxygen atoms in total. The van der Waals surface area contributed by atoms with E-state index < -0.39 is 15.8 Å². The van der Waals surface area contributed by atoms with E-state index >= 15 is 0 Å². The summed E-state index contributed by atoms with van der Waals surface area (Å²) in [5.41, 5.74) is 1.86. The highest BCUT2D eigenvalue weighted by atomic mass is 32.2. The third-order valence-corrected chi connectivity index (χ3v) is 8.18. The van der Waals surface area contributed by atoms with Crippen LogP contribution in [0.15, 0.2) is 66.1 Å². The molecule has 33 heavy (non-hydrogen) atoms. The topological polar surface area (TPSA) is 88.4 Å². The molecule has 1 aliphatic rings. The number of rotatable bonds is 6. The summed E-state index contributed by atoms with van der Waals surface area (Å²) in [7, 11) is -2.16. The van der Waals surface area contributed by atoms with E-state index in [-0.39, 0.29) is 35.9 Å². The molecule has 174 valence electrons. The largest absolute Gasteiger partial charge is 0.339 e. The lowest BCUT2D eigenvalue weighted by atomic mass is 9.95. The number of benzene rings is 2. The van der Waals surface area contributed by atoms with Crippen molar-refractivity contribution in [2.45, 2.75) is 30.7 Å². The van der Waals surface area contributed by atoms with Gasteiger partial charge >= 0.3 is 0 Å². The first-order valence-corrected chi connectivity index (χ1v) is 12.2. The first-order valence-electron chi connectivity index (χ1n) is 10.8. The fraction of sp³-hybridized carbons (Fsp3) is 0.348. The summed E-state index contributed by atoms with van der Waals surface area (Å²) in [5, 5.41) is 4.11. The van der Waals surface area contributed by atoms with Crippen LogP contribution in [0.25, 0.3) is 5.69 Å². The van der Waals surface area contributed by atoms with Crippen molar-refractivity contribution in [2.24, 2.45) is 5.92 Å². The van der Waals surface area contributed by atoms with E-state index in [1.54, 1.807) is 23.0 Å². The normalized spacial score (nSPS) is 16.5. The molecule has 2 aromatic carbocycles. The first-order chi connectivity index (χ1) is 15.8. The van der Waals surface area contributed by atoms with Gasteiger partial charge in [0.05, 0.1) is 11.7 Å². The van der Waals surface area contributed by atoms with Crippen molar-refractivity contribution in [1.29, 1.82) is 0 Å². The summed E-state index contributed by atoms with van der Waals surface area (Å²) in [6.07, 6.45) is 3.88.